The standard InChI is InChI=1S/C17H19F3N4O2/c18-17(19,20)14-6-2-1-4-12(14)11-24-15(7-8-22-24)23-16(25)21-10-13-5-3-9-26-13/h1-2,4,6-8,13H,3,5,9-11H2,(H2,21,23,25)/t13-/m1/s1. The van der Waals surface area contributed by atoms with Gasteiger partial charge in [0, 0.05) is 19.2 Å². The molecule has 26 heavy (non-hydrogen) atoms. The molecule has 9 heteroatoms. The lowest BCUT2D eigenvalue weighted by atomic mass is 10.1. The van der Waals surface area contributed by atoms with E-state index >= 15 is 0 Å². The lowest BCUT2D eigenvalue weighted by Crippen LogP contribution is -2.35. The highest BCUT2D eigenvalue weighted by Crippen LogP contribution is 2.32. The van der Waals surface area contributed by atoms with E-state index in [4.69, 9.17) is 4.74 Å². The predicted molar refractivity (Wildman–Crippen MR) is 88.8 cm³/mol. The van der Waals surface area contributed by atoms with E-state index in [0.29, 0.717) is 19.0 Å². The monoisotopic (exact) mass is 368 g/mol. The van der Waals surface area contributed by atoms with Gasteiger partial charge in [0.1, 0.15) is 5.82 Å². The van der Waals surface area contributed by atoms with Gasteiger partial charge in [0.05, 0.1) is 24.4 Å². The van der Waals surface area contributed by atoms with Crippen molar-refractivity contribution in [1.82, 2.24) is 15.1 Å². The van der Waals surface area contributed by atoms with E-state index in [1.54, 1.807) is 0 Å². The van der Waals surface area contributed by atoms with Crippen LogP contribution in [0.2, 0.25) is 0 Å². The molecule has 1 aliphatic rings. The van der Waals surface area contributed by atoms with E-state index in [0.717, 1.165) is 18.9 Å². The largest absolute Gasteiger partial charge is 0.416 e. The Hall–Kier alpha value is -2.55. The zero-order valence-electron chi connectivity index (χ0n) is 13.9. The fourth-order valence-electron chi connectivity index (χ4n) is 2.83. The minimum absolute atomic E-state index is 0.00400. The van der Waals surface area contributed by atoms with Crippen molar-refractivity contribution in [1.29, 1.82) is 0 Å². The second-order valence-corrected chi connectivity index (χ2v) is 6.00. The first-order valence-corrected chi connectivity index (χ1v) is 8.27. The molecule has 3 rings (SSSR count). The quantitative estimate of drug-likeness (QED) is 0.851. The topological polar surface area (TPSA) is 68.2 Å². The number of halogens is 3. The maximum Gasteiger partial charge on any atom is 0.416 e. The van der Waals surface area contributed by atoms with Gasteiger partial charge in [-0.25, -0.2) is 9.48 Å². The summed E-state index contributed by atoms with van der Waals surface area (Å²) in [5.41, 5.74) is -0.643. The van der Waals surface area contributed by atoms with Crippen molar-refractivity contribution in [2.75, 3.05) is 18.5 Å². The second kappa shape index (κ2) is 7.77. The number of alkyl halides is 3. The van der Waals surface area contributed by atoms with Crippen LogP contribution in [0.25, 0.3) is 0 Å². The molecule has 0 spiro atoms. The van der Waals surface area contributed by atoms with Crippen LogP contribution in [0, 0.1) is 0 Å². The van der Waals surface area contributed by atoms with Crippen LogP contribution in [0.3, 0.4) is 0 Å². The van der Waals surface area contributed by atoms with E-state index in [1.165, 1.54) is 35.1 Å². The molecular weight excluding hydrogens is 349 g/mol. The molecule has 6 nitrogen and oxygen atoms in total. The molecule has 1 aromatic heterocycles. The van der Waals surface area contributed by atoms with Gasteiger partial charge < -0.3 is 10.1 Å². The van der Waals surface area contributed by atoms with Crippen LogP contribution in [0.1, 0.15) is 24.0 Å². The molecule has 0 bridgehead atoms. The fraction of sp³-hybridized carbons (Fsp3) is 0.412. The third-order valence-electron chi connectivity index (χ3n) is 4.12. The molecule has 2 amide bonds. The number of nitrogens with one attached hydrogen (secondary N) is 2. The van der Waals surface area contributed by atoms with Crippen molar-refractivity contribution < 1.29 is 22.7 Å². The van der Waals surface area contributed by atoms with Crippen LogP contribution < -0.4 is 10.6 Å². The molecule has 1 aliphatic heterocycles. The minimum atomic E-state index is -4.45. The van der Waals surface area contributed by atoms with Gasteiger partial charge in [-0.05, 0) is 24.5 Å². The van der Waals surface area contributed by atoms with Crippen LogP contribution in [0.5, 0.6) is 0 Å². The number of aromatic nitrogens is 2. The molecule has 1 atom stereocenters. The Morgan fingerprint density at radius 3 is 2.85 bits per heavy atom. The lowest BCUT2D eigenvalue weighted by molar-refractivity contribution is -0.138. The van der Waals surface area contributed by atoms with E-state index in [1.807, 2.05) is 0 Å². The van der Waals surface area contributed by atoms with Crippen LogP contribution in [-0.4, -0.2) is 35.1 Å². The van der Waals surface area contributed by atoms with E-state index in [-0.39, 0.29) is 18.2 Å². The number of rotatable bonds is 5. The van der Waals surface area contributed by atoms with Crippen molar-refractivity contribution >= 4 is 11.8 Å². The molecule has 0 unspecified atom stereocenters. The van der Waals surface area contributed by atoms with Crippen LogP contribution in [0.15, 0.2) is 36.5 Å². The van der Waals surface area contributed by atoms with Crippen molar-refractivity contribution in [3.8, 4) is 0 Å². The maximum absolute atomic E-state index is 13.1. The number of nitrogens with zero attached hydrogens (tertiary/aromatic N) is 2. The smallest absolute Gasteiger partial charge is 0.376 e. The summed E-state index contributed by atoms with van der Waals surface area (Å²) in [6.45, 7) is 0.972. The van der Waals surface area contributed by atoms with Gasteiger partial charge in [0.15, 0.2) is 0 Å². The number of carbonyl (C=O) groups is 1. The minimum Gasteiger partial charge on any atom is -0.376 e. The van der Waals surface area contributed by atoms with Crippen molar-refractivity contribution in [2.45, 2.75) is 31.7 Å². The molecule has 2 aromatic rings. The highest BCUT2D eigenvalue weighted by atomic mass is 19.4. The lowest BCUT2D eigenvalue weighted by Gasteiger charge is -2.15. The van der Waals surface area contributed by atoms with Gasteiger partial charge in [-0.3, -0.25) is 5.32 Å². The molecule has 0 radical (unpaired) electrons. The summed E-state index contributed by atoms with van der Waals surface area (Å²) >= 11 is 0. The first-order valence-electron chi connectivity index (χ1n) is 8.27. The second-order valence-electron chi connectivity index (χ2n) is 6.00. The van der Waals surface area contributed by atoms with Gasteiger partial charge >= 0.3 is 12.2 Å². The van der Waals surface area contributed by atoms with Crippen LogP contribution in [0.4, 0.5) is 23.8 Å². The van der Waals surface area contributed by atoms with E-state index < -0.39 is 17.8 Å². The Labute approximate surface area is 148 Å². The molecule has 1 aromatic carbocycles. The zero-order valence-corrected chi connectivity index (χ0v) is 13.9. The Balaban J connectivity index is 1.65. The Morgan fingerprint density at radius 2 is 2.12 bits per heavy atom. The molecular formula is C17H19F3N4O2. The number of hydrogen-bond acceptors (Lipinski definition) is 3. The fourth-order valence-corrected chi connectivity index (χ4v) is 2.83. The first-order chi connectivity index (χ1) is 12.4. The number of ether oxygens (including phenoxy) is 1. The third kappa shape index (κ3) is 4.54. The highest BCUT2D eigenvalue weighted by molar-refractivity contribution is 5.88. The molecule has 140 valence electrons. The molecule has 0 aliphatic carbocycles. The average molecular weight is 368 g/mol. The van der Waals surface area contributed by atoms with Crippen molar-refractivity contribution in [3.05, 3.63) is 47.7 Å². The zero-order chi connectivity index (χ0) is 18.6. The van der Waals surface area contributed by atoms with Crippen molar-refractivity contribution in [2.24, 2.45) is 0 Å². The van der Waals surface area contributed by atoms with Gasteiger partial charge in [-0.2, -0.15) is 18.3 Å². The first kappa shape index (κ1) is 18.2. The van der Waals surface area contributed by atoms with Crippen LogP contribution >= 0.6 is 0 Å². The van der Waals surface area contributed by atoms with Gasteiger partial charge in [0.25, 0.3) is 0 Å². The molecule has 0 saturated carbocycles. The summed E-state index contributed by atoms with van der Waals surface area (Å²) in [6, 6.07) is 6.38. The molecule has 2 heterocycles. The summed E-state index contributed by atoms with van der Waals surface area (Å²) in [5.74, 6) is 0.312. The van der Waals surface area contributed by atoms with Gasteiger partial charge in [-0.15, -0.1) is 0 Å². The highest BCUT2D eigenvalue weighted by Gasteiger charge is 2.33. The number of benzene rings is 1. The number of hydrogen-bond donors (Lipinski definition) is 2. The van der Waals surface area contributed by atoms with E-state index in [2.05, 4.69) is 15.7 Å². The molecule has 1 fully saturated rings. The molecule has 2 N–H and O–H groups in total. The van der Waals surface area contributed by atoms with Crippen molar-refractivity contribution in [3.63, 3.8) is 0 Å². The van der Waals surface area contributed by atoms with Crippen LogP contribution in [-0.2, 0) is 17.5 Å². The molecule has 1 saturated heterocycles. The Bertz CT molecular complexity index is 754. The van der Waals surface area contributed by atoms with Gasteiger partial charge in [-0.1, -0.05) is 18.2 Å². The summed E-state index contributed by atoms with van der Waals surface area (Å²) in [7, 11) is 0. The number of urea groups is 1. The SMILES string of the molecule is O=C(NC[C@H]1CCCO1)Nc1ccnn1Cc1ccccc1C(F)(F)F. The number of carbonyl (C=O) groups excluding carboxylic acids is 1. The predicted octanol–water partition coefficient (Wildman–Crippen LogP) is 3.25. The summed E-state index contributed by atoms with van der Waals surface area (Å²) in [6.07, 6.45) is -1.16. The Kier molecular flexibility index (Phi) is 5.46. The number of amides is 2. The normalized spacial score (nSPS) is 17.3. The number of anilines is 1. The third-order valence-corrected chi connectivity index (χ3v) is 4.12. The van der Waals surface area contributed by atoms with Gasteiger partial charge in [0.2, 0.25) is 0 Å². The maximum atomic E-state index is 13.1. The summed E-state index contributed by atoms with van der Waals surface area (Å²) < 4.78 is 46.1. The van der Waals surface area contributed by atoms with E-state index in [9.17, 15) is 18.0 Å². The summed E-state index contributed by atoms with van der Waals surface area (Å²) in [5, 5.41) is 9.31. The average Bonchev–Trinajstić information content (AvgIpc) is 3.25. The summed E-state index contributed by atoms with van der Waals surface area (Å²) in [4.78, 5) is 12.0. The Morgan fingerprint density at radius 1 is 1.31 bits per heavy atom.